The molecule has 3 aromatic rings. The number of anilines is 1. The van der Waals surface area contributed by atoms with Crippen LogP contribution in [0, 0.1) is 5.82 Å². The zero-order chi connectivity index (χ0) is 23.1. The Labute approximate surface area is 187 Å². The average molecular weight is 457 g/mol. The van der Waals surface area contributed by atoms with Crippen molar-refractivity contribution in [2.75, 3.05) is 17.2 Å². The zero-order valence-corrected chi connectivity index (χ0v) is 18.7. The van der Waals surface area contributed by atoms with Gasteiger partial charge in [0.2, 0.25) is 10.0 Å². The van der Waals surface area contributed by atoms with E-state index < -0.39 is 10.0 Å². The minimum atomic E-state index is -3.59. The summed E-state index contributed by atoms with van der Waals surface area (Å²) in [5, 5.41) is 2.85. The first kappa shape index (κ1) is 23.3. The number of ether oxygens (including phenoxy) is 1. The van der Waals surface area contributed by atoms with Crippen LogP contribution in [0.1, 0.15) is 28.4 Å². The Morgan fingerprint density at radius 2 is 1.69 bits per heavy atom. The molecular formula is C24H25FN2O4S. The molecule has 0 aliphatic carbocycles. The van der Waals surface area contributed by atoms with Gasteiger partial charge in [-0.05, 0) is 66.6 Å². The predicted molar refractivity (Wildman–Crippen MR) is 123 cm³/mol. The number of sulfonamides is 1. The van der Waals surface area contributed by atoms with Crippen LogP contribution in [0.5, 0.6) is 5.75 Å². The van der Waals surface area contributed by atoms with Gasteiger partial charge in [-0.2, -0.15) is 0 Å². The van der Waals surface area contributed by atoms with Crippen molar-refractivity contribution in [1.82, 2.24) is 5.32 Å². The van der Waals surface area contributed by atoms with Crippen molar-refractivity contribution >= 4 is 21.6 Å². The van der Waals surface area contributed by atoms with Gasteiger partial charge in [-0.1, -0.05) is 24.3 Å². The molecular weight excluding hydrogens is 431 g/mol. The van der Waals surface area contributed by atoms with Crippen LogP contribution in [0.25, 0.3) is 0 Å². The lowest BCUT2D eigenvalue weighted by molar-refractivity contribution is 0.0951. The van der Waals surface area contributed by atoms with Gasteiger partial charge >= 0.3 is 0 Å². The topological polar surface area (TPSA) is 75.7 Å². The van der Waals surface area contributed by atoms with Crippen molar-refractivity contribution in [2.24, 2.45) is 0 Å². The van der Waals surface area contributed by atoms with Crippen molar-refractivity contribution in [3.8, 4) is 5.75 Å². The maximum Gasteiger partial charge on any atom is 0.251 e. The number of carbonyl (C=O) groups is 1. The van der Waals surface area contributed by atoms with Gasteiger partial charge in [0, 0.05) is 12.1 Å². The van der Waals surface area contributed by atoms with Gasteiger partial charge < -0.3 is 10.1 Å². The molecule has 1 N–H and O–H groups in total. The molecule has 0 aromatic heterocycles. The van der Waals surface area contributed by atoms with Crippen LogP contribution in [0.15, 0.2) is 72.8 Å². The third-order valence-corrected chi connectivity index (χ3v) is 5.86. The molecule has 3 rings (SSSR count). The Morgan fingerprint density at radius 3 is 2.31 bits per heavy atom. The van der Waals surface area contributed by atoms with Crippen LogP contribution in [-0.4, -0.2) is 27.2 Å². The molecule has 0 spiro atoms. The Morgan fingerprint density at radius 1 is 1.00 bits per heavy atom. The fraction of sp³-hybridized carbons (Fsp3) is 0.208. The molecule has 0 heterocycles. The molecule has 0 saturated carbocycles. The van der Waals surface area contributed by atoms with E-state index in [0.717, 1.165) is 17.6 Å². The number of hydrogen-bond acceptors (Lipinski definition) is 4. The summed E-state index contributed by atoms with van der Waals surface area (Å²) in [5.74, 6) is 0.0769. The number of hydrogen-bond donors (Lipinski definition) is 1. The number of carbonyl (C=O) groups excluding carboxylic acids is 1. The van der Waals surface area contributed by atoms with E-state index in [0.29, 0.717) is 30.0 Å². The smallest absolute Gasteiger partial charge is 0.251 e. The molecule has 1 amide bonds. The molecule has 168 valence electrons. The summed E-state index contributed by atoms with van der Waals surface area (Å²) in [6.45, 7) is 2.86. The first-order chi connectivity index (χ1) is 15.3. The molecule has 32 heavy (non-hydrogen) atoms. The fourth-order valence-electron chi connectivity index (χ4n) is 3.13. The van der Waals surface area contributed by atoms with Crippen LogP contribution in [0.3, 0.4) is 0 Å². The van der Waals surface area contributed by atoms with Gasteiger partial charge in [0.05, 0.1) is 25.1 Å². The molecule has 0 fully saturated rings. The highest BCUT2D eigenvalue weighted by atomic mass is 32.2. The monoisotopic (exact) mass is 456 g/mol. The molecule has 0 unspecified atom stereocenters. The lowest BCUT2D eigenvalue weighted by Gasteiger charge is -2.22. The largest absolute Gasteiger partial charge is 0.494 e. The predicted octanol–water partition coefficient (Wildman–Crippen LogP) is 4.12. The van der Waals surface area contributed by atoms with Gasteiger partial charge in [0.1, 0.15) is 11.6 Å². The van der Waals surface area contributed by atoms with Crippen LogP contribution >= 0.6 is 0 Å². The number of amides is 1. The lowest BCUT2D eigenvalue weighted by Crippen LogP contribution is -2.29. The van der Waals surface area contributed by atoms with Gasteiger partial charge in [-0.25, -0.2) is 12.8 Å². The van der Waals surface area contributed by atoms with Gasteiger partial charge in [0.25, 0.3) is 5.91 Å². The Bertz CT molecular complexity index is 1160. The Hall–Kier alpha value is -3.39. The number of nitrogens with one attached hydrogen (secondary N) is 1. The minimum Gasteiger partial charge on any atom is -0.494 e. The van der Waals surface area contributed by atoms with E-state index >= 15 is 0 Å². The lowest BCUT2D eigenvalue weighted by atomic mass is 10.1. The highest BCUT2D eigenvalue weighted by molar-refractivity contribution is 7.92. The Balaban J connectivity index is 1.69. The quantitative estimate of drug-likeness (QED) is 0.526. The number of nitrogens with zero attached hydrogens (tertiary/aromatic N) is 1. The second-order valence-electron chi connectivity index (χ2n) is 7.21. The standard InChI is InChI=1S/C24H25FN2O4S/c1-3-31-23-6-4-5-19(15-23)16-26-24(28)20-9-13-22(14-10-20)27(32(2,29)30)17-18-7-11-21(25)12-8-18/h4-15H,3,16-17H2,1-2H3,(H,26,28). The number of rotatable bonds is 9. The summed E-state index contributed by atoms with van der Waals surface area (Å²) in [4.78, 5) is 12.5. The molecule has 0 atom stereocenters. The van der Waals surface area contributed by atoms with Crippen LogP contribution < -0.4 is 14.4 Å². The van der Waals surface area contributed by atoms with E-state index in [-0.39, 0.29) is 18.3 Å². The first-order valence-electron chi connectivity index (χ1n) is 10.1. The van der Waals surface area contributed by atoms with E-state index in [4.69, 9.17) is 4.74 Å². The van der Waals surface area contributed by atoms with E-state index in [1.54, 1.807) is 24.3 Å². The van der Waals surface area contributed by atoms with Crippen LogP contribution in [-0.2, 0) is 23.1 Å². The molecule has 0 bridgehead atoms. The van der Waals surface area contributed by atoms with Crippen molar-refractivity contribution in [1.29, 1.82) is 0 Å². The average Bonchev–Trinajstić information content (AvgIpc) is 2.77. The second kappa shape index (κ2) is 10.3. The molecule has 0 aliphatic rings. The SMILES string of the molecule is CCOc1cccc(CNC(=O)c2ccc(N(Cc3ccc(F)cc3)S(C)(=O)=O)cc2)c1. The first-order valence-corrected chi connectivity index (χ1v) is 11.9. The second-order valence-corrected chi connectivity index (χ2v) is 9.11. The third kappa shape index (κ3) is 6.31. The fourth-order valence-corrected chi connectivity index (χ4v) is 4.02. The molecule has 6 nitrogen and oxygen atoms in total. The summed E-state index contributed by atoms with van der Waals surface area (Å²) in [6.07, 6.45) is 1.10. The Kier molecular flexibility index (Phi) is 7.48. The van der Waals surface area contributed by atoms with Crippen LogP contribution in [0.2, 0.25) is 0 Å². The van der Waals surface area contributed by atoms with E-state index in [1.165, 1.54) is 28.6 Å². The molecule has 0 aliphatic heterocycles. The maximum absolute atomic E-state index is 13.2. The number of benzene rings is 3. The normalized spacial score (nSPS) is 11.1. The minimum absolute atomic E-state index is 0.0564. The highest BCUT2D eigenvalue weighted by Gasteiger charge is 2.18. The van der Waals surface area contributed by atoms with E-state index in [1.807, 2.05) is 31.2 Å². The highest BCUT2D eigenvalue weighted by Crippen LogP contribution is 2.22. The molecule has 0 saturated heterocycles. The molecule has 0 radical (unpaired) electrons. The number of halogens is 1. The zero-order valence-electron chi connectivity index (χ0n) is 17.9. The molecule has 3 aromatic carbocycles. The third-order valence-electron chi connectivity index (χ3n) is 4.72. The summed E-state index contributed by atoms with van der Waals surface area (Å²) < 4.78 is 44.5. The van der Waals surface area contributed by atoms with Crippen molar-refractivity contribution in [3.63, 3.8) is 0 Å². The van der Waals surface area contributed by atoms with Crippen molar-refractivity contribution in [2.45, 2.75) is 20.0 Å². The molecule has 8 heteroatoms. The van der Waals surface area contributed by atoms with E-state index in [2.05, 4.69) is 5.32 Å². The van der Waals surface area contributed by atoms with Crippen molar-refractivity contribution < 1.29 is 22.3 Å². The summed E-state index contributed by atoms with van der Waals surface area (Å²) in [7, 11) is -3.59. The summed E-state index contributed by atoms with van der Waals surface area (Å²) in [5.41, 5.74) is 2.37. The van der Waals surface area contributed by atoms with E-state index in [9.17, 15) is 17.6 Å². The van der Waals surface area contributed by atoms with Gasteiger partial charge in [-0.3, -0.25) is 9.10 Å². The summed E-state index contributed by atoms with van der Waals surface area (Å²) in [6, 6.07) is 19.4. The summed E-state index contributed by atoms with van der Waals surface area (Å²) >= 11 is 0. The van der Waals surface area contributed by atoms with Gasteiger partial charge in [-0.15, -0.1) is 0 Å². The van der Waals surface area contributed by atoms with Crippen LogP contribution in [0.4, 0.5) is 10.1 Å². The maximum atomic E-state index is 13.2. The van der Waals surface area contributed by atoms with Gasteiger partial charge in [0.15, 0.2) is 0 Å². The van der Waals surface area contributed by atoms with Crippen molar-refractivity contribution in [3.05, 3.63) is 95.3 Å².